The molecule has 1 atom stereocenters. The Morgan fingerprint density at radius 1 is 1.13 bits per heavy atom. The Balaban J connectivity index is 2.35. The Morgan fingerprint density at radius 2 is 2.00 bits per heavy atom. The average molecular weight is 197 g/mol. The topological polar surface area (TPSA) is 12.0 Å². The molecule has 1 N–H and O–H groups in total. The fraction of sp³-hybridized carbons (Fsp3) is 0.286. The quantitative estimate of drug-likeness (QED) is 0.684. The Kier molecular flexibility index (Phi) is 2.00. The van der Waals surface area contributed by atoms with E-state index in [1.807, 2.05) is 0 Å². The van der Waals surface area contributed by atoms with Gasteiger partial charge in [-0.15, -0.1) is 0 Å². The van der Waals surface area contributed by atoms with Crippen molar-refractivity contribution in [3.8, 4) is 0 Å². The number of hydrogen-bond donors (Lipinski definition) is 1. The van der Waals surface area contributed by atoms with E-state index in [-0.39, 0.29) is 0 Å². The number of hydrogen-bond acceptors (Lipinski definition) is 1. The Bertz CT molecular complexity index is 502. The maximum atomic E-state index is 3.46. The molecular formula is C14H15N. The number of rotatable bonds is 0. The highest BCUT2D eigenvalue weighted by Gasteiger charge is 2.17. The van der Waals surface area contributed by atoms with Gasteiger partial charge in [-0.1, -0.05) is 43.3 Å². The predicted octanol–water partition coefficient (Wildman–Crippen LogP) is 3.05. The molecule has 1 aliphatic rings. The molecule has 0 saturated carbocycles. The lowest BCUT2D eigenvalue weighted by Crippen LogP contribution is -2.26. The minimum atomic E-state index is 0.625. The summed E-state index contributed by atoms with van der Waals surface area (Å²) in [6, 6.07) is 13.2. The van der Waals surface area contributed by atoms with Crippen molar-refractivity contribution in [2.24, 2.45) is 0 Å². The highest BCUT2D eigenvalue weighted by atomic mass is 14.9. The molecule has 1 nitrogen and oxygen atoms in total. The molecule has 76 valence electrons. The summed E-state index contributed by atoms with van der Waals surface area (Å²) in [5.41, 5.74) is 3.01. The minimum absolute atomic E-state index is 0.625. The first-order valence-corrected chi connectivity index (χ1v) is 5.57. The monoisotopic (exact) mass is 197 g/mol. The molecular weight excluding hydrogens is 182 g/mol. The summed E-state index contributed by atoms with van der Waals surface area (Å²) < 4.78 is 0. The largest absolute Gasteiger partial charge is 0.312 e. The summed E-state index contributed by atoms with van der Waals surface area (Å²) in [7, 11) is 0. The lowest BCUT2D eigenvalue weighted by atomic mass is 9.88. The minimum Gasteiger partial charge on any atom is -0.312 e. The van der Waals surface area contributed by atoms with Crippen LogP contribution in [0.2, 0.25) is 0 Å². The van der Waals surface area contributed by atoms with Crippen LogP contribution < -0.4 is 5.32 Å². The Labute approximate surface area is 90.1 Å². The van der Waals surface area contributed by atoms with Gasteiger partial charge in [0.25, 0.3) is 0 Å². The van der Waals surface area contributed by atoms with Gasteiger partial charge in [-0.05, 0) is 27.8 Å². The molecule has 3 rings (SSSR count). The number of fused-ring (bicyclic) bond motifs is 3. The molecule has 15 heavy (non-hydrogen) atoms. The Morgan fingerprint density at radius 3 is 2.93 bits per heavy atom. The molecule has 2 aromatic carbocycles. The van der Waals surface area contributed by atoms with Crippen LogP contribution >= 0.6 is 0 Å². The van der Waals surface area contributed by atoms with Crippen LogP contribution in [0.3, 0.4) is 0 Å². The van der Waals surface area contributed by atoms with E-state index in [2.05, 4.69) is 48.6 Å². The van der Waals surface area contributed by atoms with Crippen LogP contribution in [0.5, 0.6) is 0 Å². The van der Waals surface area contributed by atoms with Crippen molar-refractivity contribution in [2.45, 2.75) is 19.4 Å². The van der Waals surface area contributed by atoms with Gasteiger partial charge in [0.2, 0.25) is 0 Å². The third-order valence-electron chi connectivity index (χ3n) is 3.32. The predicted molar refractivity (Wildman–Crippen MR) is 64.1 cm³/mol. The first-order chi connectivity index (χ1) is 7.36. The molecule has 0 fully saturated rings. The van der Waals surface area contributed by atoms with Gasteiger partial charge in [0.1, 0.15) is 0 Å². The molecule has 1 heteroatoms. The van der Waals surface area contributed by atoms with Crippen LogP contribution in [0.15, 0.2) is 36.4 Å². The summed E-state index contributed by atoms with van der Waals surface area (Å²) in [5.74, 6) is 0.625. The molecule has 1 aliphatic heterocycles. The van der Waals surface area contributed by atoms with Crippen LogP contribution in [-0.2, 0) is 6.54 Å². The van der Waals surface area contributed by atoms with E-state index in [1.54, 1.807) is 5.56 Å². The van der Waals surface area contributed by atoms with Crippen molar-refractivity contribution < 1.29 is 0 Å². The van der Waals surface area contributed by atoms with E-state index < -0.39 is 0 Å². The molecule has 0 aliphatic carbocycles. The fourth-order valence-corrected chi connectivity index (χ4v) is 2.60. The average Bonchev–Trinajstić information content (AvgIpc) is 2.29. The van der Waals surface area contributed by atoms with Gasteiger partial charge < -0.3 is 5.32 Å². The van der Waals surface area contributed by atoms with Crippen molar-refractivity contribution in [1.82, 2.24) is 5.32 Å². The molecule has 2 aromatic rings. The summed E-state index contributed by atoms with van der Waals surface area (Å²) in [4.78, 5) is 0. The normalized spacial score (nSPS) is 20.2. The van der Waals surface area contributed by atoms with E-state index >= 15 is 0 Å². The van der Waals surface area contributed by atoms with Crippen molar-refractivity contribution in [2.75, 3.05) is 6.54 Å². The fourth-order valence-electron chi connectivity index (χ4n) is 2.60. The van der Waals surface area contributed by atoms with E-state index in [1.165, 1.54) is 16.3 Å². The van der Waals surface area contributed by atoms with Gasteiger partial charge in [-0.25, -0.2) is 0 Å². The van der Waals surface area contributed by atoms with Crippen LogP contribution in [0.1, 0.15) is 24.0 Å². The van der Waals surface area contributed by atoms with Crippen LogP contribution in [0.25, 0.3) is 10.8 Å². The van der Waals surface area contributed by atoms with Gasteiger partial charge in [0, 0.05) is 13.1 Å². The summed E-state index contributed by atoms with van der Waals surface area (Å²) >= 11 is 0. The van der Waals surface area contributed by atoms with Crippen LogP contribution in [0.4, 0.5) is 0 Å². The van der Waals surface area contributed by atoms with Crippen molar-refractivity contribution in [3.05, 3.63) is 47.5 Å². The van der Waals surface area contributed by atoms with E-state index in [9.17, 15) is 0 Å². The second-order valence-electron chi connectivity index (χ2n) is 4.39. The lowest BCUT2D eigenvalue weighted by Gasteiger charge is -2.25. The SMILES string of the molecule is C[C@H]1CNCc2ccc3ccccc3c21. The summed E-state index contributed by atoms with van der Waals surface area (Å²) in [5, 5.41) is 6.26. The molecule has 0 radical (unpaired) electrons. The van der Waals surface area contributed by atoms with Crippen molar-refractivity contribution >= 4 is 10.8 Å². The van der Waals surface area contributed by atoms with Gasteiger partial charge >= 0.3 is 0 Å². The second-order valence-corrected chi connectivity index (χ2v) is 4.39. The van der Waals surface area contributed by atoms with E-state index in [0.717, 1.165) is 13.1 Å². The molecule has 0 spiro atoms. The third-order valence-corrected chi connectivity index (χ3v) is 3.32. The van der Waals surface area contributed by atoms with Crippen LogP contribution in [0, 0.1) is 0 Å². The molecule has 0 unspecified atom stereocenters. The highest BCUT2D eigenvalue weighted by molar-refractivity contribution is 5.87. The zero-order valence-electron chi connectivity index (χ0n) is 8.96. The van der Waals surface area contributed by atoms with E-state index in [4.69, 9.17) is 0 Å². The third kappa shape index (κ3) is 1.35. The van der Waals surface area contributed by atoms with Crippen molar-refractivity contribution in [1.29, 1.82) is 0 Å². The maximum Gasteiger partial charge on any atom is 0.0208 e. The molecule has 1 heterocycles. The van der Waals surface area contributed by atoms with Gasteiger partial charge in [-0.2, -0.15) is 0 Å². The smallest absolute Gasteiger partial charge is 0.0208 e. The van der Waals surface area contributed by atoms with Crippen molar-refractivity contribution in [3.63, 3.8) is 0 Å². The lowest BCUT2D eigenvalue weighted by molar-refractivity contribution is 0.575. The van der Waals surface area contributed by atoms with Gasteiger partial charge in [0.05, 0.1) is 0 Å². The Hall–Kier alpha value is -1.34. The van der Waals surface area contributed by atoms with Crippen LogP contribution in [-0.4, -0.2) is 6.54 Å². The summed E-state index contributed by atoms with van der Waals surface area (Å²) in [6.45, 7) is 4.42. The number of nitrogens with one attached hydrogen (secondary N) is 1. The molecule has 0 saturated heterocycles. The number of benzene rings is 2. The zero-order valence-corrected chi connectivity index (χ0v) is 8.96. The second kappa shape index (κ2) is 3.35. The first-order valence-electron chi connectivity index (χ1n) is 5.57. The molecule has 0 amide bonds. The van der Waals surface area contributed by atoms with E-state index in [0.29, 0.717) is 5.92 Å². The summed E-state index contributed by atoms with van der Waals surface area (Å²) in [6.07, 6.45) is 0. The zero-order chi connectivity index (χ0) is 10.3. The maximum absolute atomic E-state index is 3.46. The molecule has 0 aromatic heterocycles. The molecule has 0 bridgehead atoms. The van der Waals surface area contributed by atoms with Gasteiger partial charge in [0.15, 0.2) is 0 Å². The first kappa shape index (κ1) is 8.93. The van der Waals surface area contributed by atoms with Gasteiger partial charge in [-0.3, -0.25) is 0 Å². The standard InChI is InChI=1S/C14H15N/c1-10-8-15-9-12-7-6-11-4-2-3-5-13(11)14(10)12/h2-7,10,15H,8-9H2,1H3/t10-/m0/s1. The highest BCUT2D eigenvalue weighted by Crippen LogP contribution is 2.31.